The SMILES string of the molecule is COc1cccc2cc(C(=O)N3CCC(n4nccn4)CC3)c(=O)oc12. The molecule has 1 aromatic carbocycles. The molecule has 1 fully saturated rings. The van der Waals surface area contributed by atoms with Crippen molar-refractivity contribution in [2.24, 2.45) is 0 Å². The predicted molar refractivity (Wildman–Crippen MR) is 93.2 cm³/mol. The Kier molecular flexibility index (Phi) is 4.16. The molecular formula is C18H18N4O4. The predicted octanol–water partition coefficient (Wildman–Crippen LogP) is 1.87. The van der Waals surface area contributed by atoms with Crippen LogP contribution in [-0.2, 0) is 0 Å². The van der Waals surface area contributed by atoms with Gasteiger partial charge in [0.05, 0.1) is 25.5 Å². The van der Waals surface area contributed by atoms with Crippen LogP contribution in [0.4, 0.5) is 0 Å². The number of rotatable bonds is 3. The first-order chi connectivity index (χ1) is 12.7. The maximum Gasteiger partial charge on any atom is 0.349 e. The molecule has 3 aromatic rings. The van der Waals surface area contributed by atoms with Gasteiger partial charge in [-0.2, -0.15) is 15.0 Å². The number of hydrogen-bond donors (Lipinski definition) is 0. The quantitative estimate of drug-likeness (QED) is 0.667. The van der Waals surface area contributed by atoms with Gasteiger partial charge in [0.25, 0.3) is 5.91 Å². The summed E-state index contributed by atoms with van der Waals surface area (Å²) in [6, 6.07) is 7.03. The van der Waals surface area contributed by atoms with Gasteiger partial charge in [0, 0.05) is 18.5 Å². The minimum atomic E-state index is -0.650. The summed E-state index contributed by atoms with van der Waals surface area (Å²) >= 11 is 0. The summed E-state index contributed by atoms with van der Waals surface area (Å²) in [5.74, 6) is 0.154. The topological polar surface area (TPSA) is 90.5 Å². The molecule has 0 aliphatic carbocycles. The van der Waals surface area contributed by atoms with Gasteiger partial charge in [-0.15, -0.1) is 0 Å². The third-order valence-corrected chi connectivity index (χ3v) is 4.69. The molecule has 26 heavy (non-hydrogen) atoms. The van der Waals surface area contributed by atoms with Crippen LogP contribution in [0.2, 0.25) is 0 Å². The van der Waals surface area contributed by atoms with E-state index >= 15 is 0 Å². The molecule has 2 aromatic heterocycles. The lowest BCUT2D eigenvalue weighted by Crippen LogP contribution is -2.41. The molecule has 4 rings (SSSR count). The molecule has 1 aliphatic heterocycles. The molecule has 0 N–H and O–H groups in total. The minimum Gasteiger partial charge on any atom is -0.493 e. The second-order valence-electron chi connectivity index (χ2n) is 6.20. The van der Waals surface area contributed by atoms with E-state index < -0.39 is 5.63 Å². The van der Waals surface area contributed by atoms with Gasteiger partial charge in [-0.25, -0.2) is 4.79 Å². The van der Waals surface area contributed by atoms with E-state index in [1.807, 2.05) is 0 Å². The minimum absolute atomic E-state index is 0.0430. The van der Waals surface area contributed by atoms with E-state index in [1.54, 1.807) is 46.4 Å². The van der Waals surface area contributed by atoms with Gasteiger partial charge in [0.1, 0.15) is 5.56 Å². The molecule has 0 saturated carbocycles. The Morgan fingerprint density at radius 1 is 1.23 bits per heavy atom. The van der Waals surface area contributed by atoms with Crippen LogP contribution in [0, 0.1) is 0 Å². The fourth-order valence-electron chi connectivity index (χ4n) is 3.31. The monoisotopic (exact) mass is 354 g/mol. The molecule has 0 bridgehead atoms. The fraction of sp³-hybridized carbons (Fsp3) is 0.333. The number of piperidine rings is 1. The third kappa shape index (κ3) is 2.83. The summed E-state index contributed by atoms with van der Waals surface area (Å²) < 4.78 is 10.6. The smallest absolute Gasteiger partial charge is 0.349 e. The number of carbonyl (C=O) groups excluding carboxylic acids is 1. The van der Waals surface area contributed by atoms with Crippen molar-refractivity contribution in [3.63, 3.8) is 0 Å². The zero-order chi connectivity index (χ0) is 18.1. The van der Waals surface area contributed by atoms with Gasteiger partial charge in [-0.05, 0) is 25.0 Å². The van der Waals surface area contributed by atoms with E-state index in [0.29, 0.717) is 29.8 Å². The van der Waals surface area contributed by atoms with Gasteiger partial charge >= 0.3 is 5.63 Å². The maximum atomic E-state index is 12.8. The second kappa shape index (κ2) is 6.62. The molecule has 134 valence electrons. The average molecular weight is 354 g/mol. The van der Waals surface area contributed by atoms with Crippen molar-refractivity contribution in [3.8, 4) is 5.75 Å². The van der Waals surface area contributed by atoms with Crippen LogP contribution in [0.1, 0.15) is 29.2 Å². The van der Waals surface area contributed by atoms with Crippen LogP contribution < -0.4 is 10.4 Å². The normalized spacial score (nSPS) is 15.3. The number of carbonyl (C=O) groups is 1. The van der Waals surface area contributed by atoms with Crippen molar-refractivity contribution in [3.05, 3.63) is 52.6 Å². The highest BCUT2D eigenvalue weighted by atomic mass is 16.5. The zero-order valence-electron chi connectivity index (χ0n) is 14.3. The highest BCUT2D eigenvalue weighted by Gasteiger charge is 2.27. The van der Waals surface area contributed by atoms with E-state index in [4.69, 9.17) is 9.15 Å². The molecule has 8 heteroatoms. The Morgan fingerprint density at radius 2 is 1.96 bits per heavy atom. The van der Waals surface area contributed by atoms with Gasteiger partial charge in [-0.1, -0.05) is 12.1 Å². The molecule has 1 amide bonds. The number of likely N-dealkylation sites (tertiary alicyclic amines) is 1. The molecule has 0 atom stereocenters. The Hall–Kier alpha value is -3.16. The van der Waals surface area contributed by atoms with Crippen molar-refractivity contribution in [1.29, 1.82) is 0 Å². The highest BCUT2D eigenvalue weighted by Crippen LogP contribution is 2.26. The summed E-state index contributed by atoms with van der Waals surface area (Å²) in [5.41, 5.74) is -0.260. The van der Waals surface area contributed by atoms with Crippen molar-refractivity contribution in [1.82, 2.24) is 19.9 Å². The first kappa shape index (κ1) is 16.3. The Labute approximate surface area is 149 Å². The van der Waals surface area contributed by atoms with E-state index in [-0.39, 0.29) is 17.5 Å². The Bertz CT molecular complexity index is 988. The molecule has 0 spiro atoms. The summed E-state index contributed by atoms with van der Waals surface area (Å²) in [7, 11) is 1.51. The molecule has 3 heterocycles. The summed E-state index contributed by atoms with van der Waals surface area (Å²) in [6.45, 7) is 1.08. The fourth-order valence-corrected chi connectivity index (χ4v) is 3.31. The molecule has 8 nitrogen and oxygen atoms in total. The van der Waals surface area contributed by atoms with Crippen molar-refractivity contribution in [2.75, 3.05) is 20.2 Å². The maximum absolute atomic E-state index is 12.8. The van der Waals surface area contributed by atoms with Crippen molar-refractivity contribution >= 4 is 16.9 Å². The first-order valence-corrected chi connectivity index (χ1v) is 8.43. The van der Waals surface area contributed by atoms with Gasteiger partial charge in [0.2, 0.25) is 0 Å². The number of amides is 1. The molecule has 1 aliphatic rings. The standard InChI is InChI=1S/C18H18N4O4/c1-25-15-4-2-3-12-11-14(18(24)26-16(12)15)17(23)21-9-5-13(6-10-21)22-19-7-8-20-22/h2-4,7-8,11,13H,5-6,9-10H2,1H3. The van der Waals surface area contributed by atoms with Crippen LogP contribution >= 0.6 is 0 Å². The molecule has 0 radical (unpaired) electrons. The second-order valence-corrected chi connectivity index (χ2v) is 6.20. The van der Waals surface area contributed by atoms with Crippen LogP contribution in [0.25, 0.3) is 11.0 Å². The Balaban J connectivity index is 1.57. The summed E-state index contributed by atoms with van der Waals surface area (Å²) in [5, 5.41) is 8.97. The van der Waals surface area contributed by atoms with E-state index in [2.05, 4.69) is 10.2 Å². The van der Waals surface area contributed by atoms with Gasteiger partial charge in [-0.3, -0.25) is 4.79 Å². The lowest BCUT2D eigenvalue weighted by molar-refractivity contribution is 0.0679. The molecular weight excluding hydrogens is 336 g/mol. The van der Waals surface area contributed by atoms with E-state index in [0.717, 1.165) is 12.8 Å². The largest absolute Gasteiger partial charge is 0.493 e. The highest BCUT2D eigenvalue weighted by molar-refractivity contribution is 5.97. The average Bonchev–Trinajstić information content (AvgIpc) is 3.21. The molecule has 1 saturated heterocycles. The lowest BCUT2D eigenvalue weighted by Gasteiger charge is -2.31. The van der Waals surface area contributed by atoms with Crippen LogP contribution in [-0.4, -0.2) is 46.0 Å². The first-order valence-electron chi connectivity index (χ1n) is 8.43. The van der Waals surface area contributed by atoms with Gasteiger partial charge < -0.3 is 14.1 Å². The Morgan fingerprint density at radius 3 is 2.65 bits per heavy atom. The zero-order valence-corrected chi connectivity index (χ0v) is 14.3. The van der Waals surface area contributed by atoms with Crippen LogP contribution in [0.3, 0.4) is 0 Å². The number of hydrogen-bond acceptors (Lipinski definition) is 6. The van der Waals surface area contributed by atoms with E-state index in [9.17, 15) is 9.59 Å². The number of nitrogens with zero attached hydrogens (tertiary/aromatic N) is 4. The summed E-state index contributed by atoms with van der Waals surface area (Å²) in [4.78, 5) is 28.5. The van der Waals surface area contributed by atoms with Crippen molar-refractivity contribution < 1.29 is 13.9 Å². The van der Waals surface area contributed by atoms with E-state index in [1.165, 1.54) is 7.11 Å². The number of aromatic nitrogens is 3. The number of benzene rings is 1. The molecule has 0 unspecified atom stereocenters. The number of para-hydroxylation sites is 1. The lowest BCUT2D eigenvalue weighted by atomic mass is 10.0. The third-order valence-electron chi connectivity index (χ3n) is 4.69. The van der Waals surface area contributed by atoms with Crippen LogP contribution in [0.15, 0.2) is 45.9 Å². The number of fused-ring (bicyclic) bond motifs is 1. The summed E-state index contributed by atoms with van der Waals surface area (Å²) in [6.07, 6.45) is 4.78. The number of ether oxygens (including phenoxy) is 1. The number of methoxy groups -OCH3 is 1. The van der Waals surface area contributed by atoms with Gasteiger partial charge in [0.15, 0.2) is 11.3 Å². The van der Waals surface area contributed by atoms with Crippen LogP contribution in [0.5, 0.6) is 5.75 Å². The van der Waals surface area contributed by atoms with Crippen molar-refractivity contribution in [2.45, 2.75) is 18.9 Å².